The third kappa shape index (κ3) is 3.42. The van der Waals surface area contributed by atoms with Gasteiger partial charge in [-0.05, 0) is 12.8 Å². The SMILES string of the molecule is CC(=O)NNC(=O)C(C)(O)C(C)C. The first kappa shape index (κ1) is 11.9. The van der Waals surface area contributed by atoms with E-state index in [9.17, 15) is 14.7 Å². The molecular weight excluding hydrogens is 172 g/mol. The molecule has 0 aromatic rings. The van der Waals surface area contributed by atoms with Crippen molar-refractivity contribution in [2.24, 2.45) is 5.92 Å². The number of hydrazine groups is 1. The normalized spacial score (nSPS) is 14.9. The van der Waals surface area contributed by atoms with Gasteiger partial charge in [0, 0.05) is 6.92 Å². The summed E-state index contributed by atoms with van der Waals surface area (Å²) in [7, 11) is 0. The van der Waals surface area contributed by atoms with Gasteiger partial charge >= 0.3 is 0 Å². The van der Waals surface area contributed by atoms with E-state index in [1.54, 1.807) is 13.8 Å². The molecule has 3 N–H and O–H groups in total. The number of hydrogen-bond donors (Lipinski definition) is 3. The van der Waals surface area contributed by atoms with Gasteiger partial charge in [-0.3, -0.25) is 20.4 Å². The molecule has 5 nitrogen and oxygen atoms in total. The van der Waals surface area contributed by atoms with Crippen LogP contribution in [0.3, 0.4) is 0 Å². The highest BCUT2D eigenvalue weighted by Crippen LogP contribution is 2.15. The number of hydrogen-bond acceptors (Lipinski definition) is 3. The van der Waals surface area contributed by atoms with Crippen molar-refractivity contribution in [2.75, 3.05) is 0 Å². The van der Waals surface area contributed by atoms with E-state index in [0.717, 1.165) is 0 Å². The predicted octanol–water partition coefficient (Wildman–Crippen LogP) is -0.439. The van der Waals surface area contributed by atoms with Crippen LogP contribution in [0.4, 0.5) is 0 Å². The number of carbonyl (C=O) groups is 2. The molecule has 2 amide bonds. The molecule has 13 heavy (non-hydrogen) atoms. The lowest BCUT2D eigenvalue weighted by Gasteiger charge is -2.25. The Labute approximate surface area is 77.5 Å². The number of amides is 2. The summed E-state index contributed by atoms with van der Waals surface area (Å²) in [5.74, 6) is -1.22. The molecule has 0 bridgehead atoms. The lowest BCUT2D eigenvalue weighted by molar-refractivity contribution is -0.145. The minimum absolute atomic E-state index is 0.221. The fourth-order valence-electron chi connectivity index (χ4n) is 0.534. The van der Waals surface area contributed by atoms with Crippen molar-refractivity contribution in [3.8, 4) is 0 Å². The Kier molecular flexibility index (Phi) is 3.87. The van der Waals surface area contributed by atoms with Crippen molar-refractivity contribution in [1.29, 1.82) is 0 Å². The van der Waals surface area contributed by atoms with Crippen LogP contribution in [0.1, 0.15) is 27.7 Å². The van der Waals surface area contributed by atoms with E-state index in [2.05, 4.69) is 10.9 Å². The van der Waals surface area contributed by atoms with Gasteiger partial charge in [-0.1, -0.05) is 13.8 Å². The Morgan fingerprint density at radius 3 is 2.08 bits per heavy atom. The minimum Gasteiger partial charge on any atom is -0.380 e. The highest BCUT2D eigenvalue weighted by Gasteiger charge is 2.33. The van der Waals surface area contributed by atoms with Crippen LogP contribution < -0.4 is 10.9 Å². The maximum absolute atomic E-state index is 11.2. The van der Waals surface area contributed by atoms with Crippen molar-refractivity contribution >= 4 is 11.8 Å². The summed E-state index contributed by atoms with van der Waals surface area (Å²) < 4.78 is 0. The zero-order chi connectivity index (χ0) is 10.6. The molecule has 0 aliphatic carbocycles. The smallest absolute Gasteiger partial charge is 0.270 e. The van der Waals surface area contributed by atoms with Gasteiger partial charge < -0.3 is 5.11 Å². The van der Waals surface area contributed by atoms with Crippen molar-refractivity contribution < 1.29 is 14.7 Å². The average molecular weight is 188 g/mol. The summed E-state index contributed by atoms with van der Waals surface area (Å²) in [4.78, 5) is 21.7. The molecule has 0 aromatic carbocycles. The van der Waals surface area contributed by atoms with Gasteiger partial charge in [-0.15, -0.1) is 0 Å². The molecule has 0 aliphatic rings. The first-order valence-corrected chi connectivity index (χ1v) is 4.08. The molecule has 1 unspecified atom stereocenters. The second-order valence-corrected chi connectivity index (χ2v) is 3.44. The molecule has 0 aliphatic heterocycles. The van der Waals surface area contributed by atoms with Crippen molar-refractivity contribution in [1.82, 2.24) is 10.9 Å². The zero-order valence-electron chi connectivity index (χ0n) is 8.34. The van der Waals surface area contributed by atoms with E-state index in [4.69, 9.17) is 0 Å². The number of carbonyl (C=O) groups excluding carboxylic acids is 2. The summed E-state index contributed by atoms with van der Waals surface area (Å²) in [6.07, 6.45) is 0. The second-order valence-electron chi connectivity index (χ2n) is 3.44. The third-order valence-electron chi connectivity index (χ3n) is 1.94. The summed E-state index contributed by atoms with van der Waals surface area (Å²) in [6.45, 7) is 6.10. The average Bonchev–Trinajstić information content (AvgIpc) is 1.99. The molecule has 0 saturated heterocycles. The maximum Gasteiger partial charge on any atom is 0.270 e. The van der Waals surface area contributed by atoms with Gasteiger partial charge in [-0.2, -0.15) is 0 Å². The summed E-state index contributed by atoms with van der Waals surface area (Å²) in [5, 5.41) is 9.61. The molecule has 0 fully saturated rings. The van der Waals surface area contributed by atoms with Crippen LogP contribution in [0.25, 0.3) is 0 Å². The third-order valence-corrected chi connectivity index (χ3v) is 1.94. The summed E-state index contributed by atoms with van der Waals surface area (Å²) >= 11 is 0. The van der Waals surface area contributed by atoms with Crippen LogP contribution in [0.15, 0.2) is 0 Å². The standard InChI is InChI=1S/C8H16N2O3/c1-5(2)8(4,13)7(12)10-9-6(3)11/h5,13H,1-4H3,(H,9,11)(H,10,12). The Morgan fingerprint density at radius 2 is 1.77 bits per heavy atom. The molecule has 0 radical (unpaired) electrons. The largest absolute Gasteiger partial charge is 0.380 e. The van der Waals surface area contributed by atoms with Crippen LogP contribution in [0.5, 0.6) is 0 Å². The van der Waals surface area contributed by atoms with Crippen LogP contribution in [-0.4, -0.2) is 22.5 Å². The maximum atomic E-state index is 11.2. The minimum atomic E-state index is -1.47. The van der Waals surface area contributed by atoms with E-state index in [0.29, 0.717) is 0 Å². The molecular formula is C8H16N2O3. The van der Waals surface area contributed by atoms with Crippen molar-refractivity contribution in [3.05, 3.63) is 0 Å². The molecule has 0 saturated carbocycles. The Morgan fingerprint density at radius 1 is 1.31 bits per heavy atom. The lowest BCUT2D eigenvalue weighted by atomic mass is 9.92. The predicted molar refractivity (Wildman–Crippen MR) is 47.4 cm³/mol. The fraction of sp³-hybridized carbons (Fsp3) is 0.750. The zero-order valence-corrected chi connectivity index (χ0v) is 8.34. The number of aliphatic hydroxyl groups is 1. The van der Waals surface area contributed by atoms with Crippen LogP contribution >= 0.6 is 0 Å². The first-order valence-electron chi connectivity index (χ1n) is 4.08. The van der Waals surface area contributed by atoms with Gasteiger partial charge in [0.05, 0.1) is 0 Å². The molecule has 76 valence electrons. The molecule has 0 rings (SSSR count). The fourth-order valence-corrected chi connectivity index (χ4v) is 0.534. The van der Waals surface area contributed by atoms with Crippen LogP contribution in [-0.2, 0) is 9.59 Å². The van der Waals surface area contributed by atoms with Crippen LogP contribution in [0, 0.1) is 5.92 Å². The Balaban J connectivity index is 4.18. The van der Waals surface area contributed by atoms with E-state index in [1.807, 2.05) is 0 Å². The van der Waals surface area contributed by atoms with Gasteiger partial charge in [0.2, 0.25) is 5.91 Å². The van der Waals surface area contributed by atoms with Gasteiger partial charge in [0.15, 0.2) is 0 Å². The lowest BCUT2D eigenvalue weighted by Crippen LogP contribution is -2.53. The van der Waals surface area contributed by atoms with Gasteiger partial charge in [0.25, 0.3) is 5.91 Å². The van der Waals surface area contributed by atoms with Crippen molar-refractivity contribution in [3.63, 3.8) is 0 Å². The highest BCUT2D eigenvalue weighted by atomic mass is 16.3. The molecule has 0 spiro atoms. The first-order chi connectivity index (χ1) is 5.78. The molecule has 5 heteroatoms. The Hall–Kier alpha value is -1.10. The van der Waals surface area contributed by atoms with E-state index in [-0.39, 0.29) is 11.8 Å². The van der Waals surface area contributed by atoms with Gasteiger partial charge in [-0.25, -0.2) is 0 Å². The summed E-state index contributed by atoms with van der Waals surface area (Å²) in [6, 6.07) is 0. The quantitative estimate of drug-likeness (QED) is 0.514. The summed E-state index contributed by atoms with van der Waals surface area (Å²) in [5.41, 5.74) is 2.75. The number of nitrogens with one attached hydrogen (secondary N) is 2. The van der Waals surface area contributed by atoms with E-state index < -0.39 is 11.5 Å². The van der Waals surface area contributed by atoms with Crippen molar-refractivity contribution in [2.45, 2.75) is 33.3 Å². The molecule has 1 atom stereocenters. The highest BCUT2D eigenvalue weighted by molar-refractivity contribution is 5.86. The van der Waals surface area contributed by atoms with Crippen LogP contribution in [0.2, 0.25) is 0 Å². The topological polar surface area (TPSA) is 78.4 Å². The monoisotopic (exact) mass is 188 g/mol. The molecule has 0 aromatic heterocycles. The second kappa shape index (κ2) is 4.23. The number of rotatable bonds is 2. The Bertz CT molecular complexity index is 211. The van der Waals surface area contributed by atoms with E-state index >= 15 is 0 Å². The van der Waals surface area contributed by atoms with Gasteiger partial charge in [0.1, 0.15) is 5.60 Å². The van der Waals surface area contributed by atoms with E-state index in [1.165, 1.54) is 13.8 Å². The molecule has 0 heterocycles.